The van der Waals surface area contributed by atoms with E-state index in [1.54, 1.807) is 12.1 Å². The molecule has 0 saturated heterocycles. The Labute approximate surface area is 161 Å². The Morgan fingerprint density at radius 1 is 1.11 bits per heavy atom. The average molecular weight is 417 g/mol. The van der Waals surface area contributed by atoms with Crippen LogP contribution in [0, 0.1) is 0 Å². The molecule has 0 fully saturated rings. The van der Waals surface area contributed by atoms with E-state index in [0.29, 0.717) is 12.4 Å². The number of thiazole rings is 1. The van der Waals surface area contributed by atoms with Gasteiger partial charge in [-0.3, -0.25) is 0 Å². The van der Waals surface area contributed by atoms with E-state index < -0.39 is 12.5 Å². The second-order valence-corrected chi connectivity index (χ2v) is 7.69. The Kier molecular flexibility index (Phi) is 6.11. The zero-order valence-electron chi connectivity index (χ0n) is 14.1. The monoisotopic (exact) mass is 417 g/mol. The van der Waals surface area contributed by atoms with Gasteiger partial charge in [-0.1, -0.05) is 23.9 Å². The highest BCUT2D eigenvalue weighted by atomic mass is 32.2. The largest absolute Gasteiger partial charge is 0.494 e. The highest BCUT2D eigenvalue weighted by Gasteiger charge is 2.43. The number of aromatic nitrogens is 1. The third kappa shape index (κ3) is 5.04. The van der Waals surface area contributed by atoms with Gasteiger partial charge in [-0.2, -0.15) is 17.6 Å². The van der Waals surface area contributed by atoms with Gasteiger partial charge in [-0.05, 0) is 42.8 Å². The van der Waals surface area contributed by atoms with E-state index >= 15 is 0 Å². The van der Waals surface area contributed by atoms with E-state index in [1.165, 1.54) is 35.2 Å². The number of rotatable bonds is 8. The van der Waals surface area contributed by atoms with Gasteiger partial charge in [0.2, 0.25) is 0 Å². The molecule has 144 valence electrons. The Morgan fingerprint density at radius 2 is 1.81 bits per heavy atom. The van der Waals surface area contributed by atoms with Gasteiger partial charge >= 0.3 is 12.5 Å². The summed E-state index contributed by atoms with van der Waals surface area (Å²) >= 11 is 3.04. The molecule has 2 aromatic carbocycles. The normalized spacial score (nSPS) is 11.9. The molecule has 1 aromatic heterocycles. The number of thioether (sulfide) groups is 1. The molecule has 0 unspecified atom stereocenters. The summed E-state index contributed by atoms with van der Waals surface area (Å²) in [4.78, 5) is 4.53. The molecule has 3 rings (SSSR count). The molecule has 0 spiro atoms. The summed E-state index contributed by atoms with van der Waals surface area (Å²) in [6.07, 6.45) is -8.38. The first-order valence-corrected chi connectivity index (χ1v) is 9.77. The Morgan fingerprint density at radius 3 is 2.48 bits per heavy atom. The van der Waals surface area contributed by atoms with E-state index in [-0.39, 0.29) is 5.75 Å². The number of hydrogen-bond donors (Lipinski definition) is 0. The van der Waals surface area contributed by atoms with Crippen LogP contribution in [0.3, 0.4) is 0 Å². The van der Waals surface area contributed by atoms with E-state index in [1.807, 2.05) is 25.1 Å². The number of benzene rings is 2. The van der Waals surface area contributed by atoms with E-state index in [9.17, 15) is 17.6 Å². The average Bonchev–Trinajstić information content (AvgIpc) is 3.03. The molecular weight excluding hydrogens is 402 g/mol. The van der Waals surface area contributed by atoms with Crippen molar-refractivity contribution in [3.05, 3.63) is 48.0 Å². The topological polar surface area (TPSA) is 31.4 Å². The predicted octanol–water partition coefficient (Wildman–Crippen LogP) is 6.22. The second kappa shape index (κ2) is 8.35. The summed E-state index contributed by atoms with van der Waals surface area (Å²) in [5.74, 6) is 1.04. The van der Waals surface area contributed by atoms with Crippen LogP contribution in [0.2, 0.25) is 0 Å². The Hall–Kier alpha value is -2.00. The van der Waals surface area contributed by atoms with E-state index in [2.05, 4.69) is 9.72 Å². The molecule has 0 bridgehead atoms. The fraction of sp³-hybridized carbons (Fsp3) is 0.278. The van der Waals surface area contributed by atoms with Crippen LogP contribution >= 0.6 is 23.1 Å². The van der Waals surface area contributed by atoms with Gasteiger partial charge in [0, 0.05) is 5.75 Å². The number of hydrogen-bond acceptors (Lipinski definition) is 5. The first-order valence-electron chi connectivity index (χ1n) is 7.97. The van der Waals surface area contributed by atoms with Crippen LogP contribution in [0.4, 0.5) is 17.6 Å². The lowest BCUT2D eigenvalue weighted by Crippen LogP contribution is -2.33. The first-order chi connectivity index (χ1) is 12.9. The lowest BCUT2D eigenvalue weighted by molar-refractivity contribution is -0.253. The first kappa shape index (κ1) is 19.8. The SMILES string of the molecule is CCOc1ccc2nc(SCc3ccc(OC(F)(F)C(F)F)cc3)sc2c1. The van der Waals surface area contributed by atoms with Crippen LogP contribution in [-0.2, 0) is 5.75 Å². The minimum Gasteiger partial charge on any atom is -0.494 e. The second-order valence-electron chi connectivity index (χ2n) is 5.44. The van der Waals surface area contributed by atoms with Crippen LogP contribution in [0.5, 0.6) is 11.5 Å². The number of nitrogens with zero attached hydrogens (tertiary/aromatic N) is 1. The minimum absolute atomic E-state index is 0.308. The van der Waals surface area contributed by atoms with E-state index in [0.717, 1.165) is 25.9 Å². The lowest BCUT2D eigenvalue weighted by atomic mass is 10.2. The van der Waals surface area contributed by atoms with Crippen molar-refractivity contribution in [1.82, 2.24) is 4.98 Å². The van der Waals surface area contributed by atoms with Crippen molar-refractivity contribution in [1.29, 1.82) is 0 Å². The van der Waals surface area contributed by atoms with Crippen molar-refractivity contribution < 1.29 is 27.0 Å². The van der Waals surface area contributed by atoms with Crippen molar-refractivity contribution in [2.75, 3.05) is 6.61 Å². The van der Waals surface area contributed by atoms with Crippen molar-refractivity contribution >= 4 is 33.3 Å². The molecule has 0 aliphatic rings. The molecular formula is C18H15F4NO2S2. The summed E-state index contributed by atoms with van der Waals surface area (Å²) in [6, 6.07) is 11.3. The van der Waals surface area contributed by atoms with Gasteiger partial charge in [-0.25, -0.2) is 4.98 Å². The quantitative estimate of drug-likeness (QED) is 0.321. The summed E-state index contributed by atoms with van der Waals surface area (Å²) in [5.41, 5.74) is 1.71. The van der Waals surface area contributed by atoms with Crippen LogP contribution in [0.1, 0.15) is 12.5 Å². The van der Waals surface area contributed by atoms with Gasteiger partial charge in [0.05, 0.1) is 16.8 Å². The zero-order chi connectivity index (χ0) is 19.4. The molecule has 0 aliphatic heterocycles. The molecule has 0 aliphatic carbocycles. The van der Waals surface area contributed by atoms with Crippen molar-refractivity contribution in [3.63, 3.8) is 0 Å². The summed E-state index contributed by atoms with van der Waals surface area (Å²) in [7, 11) is 0. The van der Waals surface area contributed by atoms with Crippen molar-refractivity contribution in [2.24, 2.45) is 0 Å². The molecule has 3 nitrogen and oxygen atoms in total. The maximum absolute atomic E-state index is 12.9. The van der Waals surface area contributed by atoms with Crippen LogP contribution < -0.4 is 9.47 Å². The maximum atomic E-state index is 12.9. The Bertz CT molecular complexity index is 900. The maximum Gasteiger partial charge on any atom is 0.461 e. The van der Waals surface area contributed by atoms with Gasteiger partial charge in [-0.15, -0.1) is 11.3 Å². The van der Waals surface area contributed by atoms with E-state index in [4.69, 9.17) is 4.74 Å². The third-order valence-corrected chi connectivity index (χ3v) is 5.68. The van der Waals surface area contributed by atoms with Gasteiger partial charge in [0.1, 0.15) is 11.5 Å². The molecule has 1 heterocycles. The van der Waals surface area contributed by atoms with Crippen molar-refractivity contribution in [3.8, 4) is 11.5 Å². The lowest BCUT2D eigenvalue weighted by Gasteiger charge is -2.16. The Balaban J connectivity index is 1.62. The summed E-state index contributed by atoms with van der Waals surface area (Å²) < 4.78 is 61.5. The highest BCUT2D eigenvalue weighted by molar-refractivity contribution is 8.00. The molecule has 0 saturated carbocycles. The summed E-state index contributed by atoms with van der Waals surface area (Å²) in [6.45, 7) is 2.51. The van der Waals surface area contributed by atoms with Crippen LogP contribution in [-0.4, -0.2) is 24.1 Å². The standard InChI is InChI=1S/C18H15F4NO2S2/c1-2-24-13-7-8-14-15(9-13)27-17(23-14)26-10-11-3-5-12(6-4-11)25-18(21,22)16(19)20/h3-9,16H,2,10H2,1H3. The molecule has 0 amide bonds. The number of halogens is 4. The van der Waals surface area contributed by atoms with Crippen LogP contribution in [0.15, 0.2) is 46.8 Å². The molecule has 0 atom stereocenters. The fourth-order valence-corrected chi connectivity index (χ4v) is 4.26. The fourth-order valence-electron chi connectivity index (χ4n) is 2.20. The third-order valence-electron chi connectivity index (χ3n) is 3.44. The van der Waals surface area contributed by atoms with Crippen LogP contribution in [0.25, 0.3) is 10.2 Å². The zero-order valence-corrected chi connectivity index (χ0v) is 15.8. The van der Waals surface area contributed by atoms with Gasteiger partial charge < -0.3 is 9.47 Å². The minimum atomic E-state index is -4.50. The smallest absolute Gasteiger partial charge is 0.461 e. The predicted molar refractivity (Wildman–Crippen MR) is 98.4 cm³/mol. The highest BCUT2D eigenvalue weighted by Crippen LogP contribution is 2.34. The molecule has 0 N–H and O–H groups in total. The van der Waals surface area contributed by atoms with Gasteiger partial charge in [0.15, 0.2) is 4.34 Å². The number of alkyl halides is 4. The molecule has 3 aromatic rings. The summed E-state index contributed by atoms with van der Waals surface area (Å²) in [5, 5.41) is 0. The molecule has 0 radical (unpaired) electrons. The molecule has 27 heavy (non-hydrogen) atoms. The number of ether oxygens (including phenoxy) is 2. The number of fused-ring (bicyclic) bond motifs is 1. The van der Waals surface area contributed by atoms with Gasteiger partial charge in [0.25, 0.3) is 0 Å². The molecule has 9 heteroatoms. The van der Waals surface area contributed by atoms with Crippen molar-refractivity contribution in [2.45, 2.75) is 29.6 Å².